The maximum absolute atomic E-state index is 9.08. The van der Waals surface area contributed by atoms with Gasteiger partial charge in [-0.15, -0.1) is 11.3 Å². The van der Waals surface area contributed by atoms with Gasteiger partial charge < -0.3 is 10.4 Å². The van der Waals surface area contributed by atoms with Gasteiger partial charge in [-0.25, -0.2) is 4.98 Å². The molecule has 1 heterocycles. The molecule has 1 aromatic rings. The van der Waals surface area contributed by atoms with Crippen LogP contribution in [0.5, 0.6) is 0 Å². The second-order valence-electron chi connectivity index (χ2n) is 3.97. The van der Waals surface area contributed by atoms with Crippen molar-refractivity contribution < 1.29 is 5.11 Å². The summed E-state index contributed by atoms with van der Waals surface area (Å²) in [7, 11) is 0. The molecular formula is C11H18N2OS. The van der Waals surface area contributed by atoms with Crippen LogP contribution in [0.15, 0.2) is 0 Å². The Labute approximate surface area is 94.5 Å². The Morgan fingerprint density at radius 2 is 2.47 bits per heavy atom. The minimum absolute atomic E-state index is 0.0815. The third-order valence-corrected chi connectivity index (χ3v) is 3.89. The first-order chi connectivity index (χ1) is 7.35. The van der Waals surface area contributed by atoms with Gasteiger partial charge in [-0.2, -0.15) is 0 Å². The lowest BCUT2D eigenvalue weighted by Gasteiger charge is -2.22. The average Bonchev–Trinajstić information content (AvgIpc) is 2.69. The van der Waals surface area contributed by atoms with Gasteiger partial charge in [0.25, 0.3) is 0 Å². The number of aliphatic hydroxyl groups is 1. The Kier molecular flexibility index (Phi) is 3.72. The molecule has 1 aromatic heterocycles. The number of fused-ring (bicyclic) bond motifs is 1. The molecule has 1 atom stereocenters. The highest BCUT2D eigenvalue weighted by Crippen LogP contribution is 2.33. The van der Waals surface area contributed by atoms with Crippen molar-refractivity contribution >= 4 is 11.3 Å². The number of nitrogens with one attached hydrogen (secondary N) is 1. The van der Waals surface area contributed by atoms with Crippen LogP contribution in [0.3, 0.4) is 0 Å². The van der Waals surface area contributed by atoms with Crippen molar-refractivity contribution in [3.8, 4) is 0 Å². The predicted octanol–water partition coefficient (Wildman–Crippen LogP) is 2.01. The van der Waals surface area contributed by atoms with Gasteiger partial charge in [-0.1, -0.05) is 6.92 Å². The first kappa shape index (κ1) is 11.0. The fourth-order valence-corrected chi connectivity index (χ4v) is 3.09. The van der Waals surface area contributed by atoms with E-state index in [1.807, 2.05) is 0 Å². The summed E-state index contributed by atoms with van der Waals surface area (Å²) in [6, 6.07) is 0.422. The summed E-state index contributed by atoms with van der Waals surface area (Å²) in [6.45, 7) is 3.31. The predicted molar refractivity (Wildman–Crippen MR) is 62.0 cm³/mol. The lowest BCUT2D eigenvalue weighted by molar-refractivity contribution is 0.280. The lowest BCUT2D eigenvalue weighted by atomic mass is 9.97. The monoisotopic (exact) mass is 226 g/mol. The minimum atomic E-state index is 0.0815. The fraction of sp³-hybridized carbons (Fsp3) is 0.727. The standard InChI is InChI=1S/C11H18N2OS/c1-2-6-12-8-4-3-5-9-11(8)13-10(7-14)15-9/h8,12,14H,2-7H2,1H3. The number of aryl methyl sites for hydroxylation is 1. The van der Waals surface area contributed by atoms with Crippen LogP contribution < -0.4 is 5.32 Å². The van der Waals surface area contributed by atoms with Gasteiger partial charge in [0.2, 0.25) is 0 Å². The number of hydrogen-bond acceptors (Lipinski definition) is 4. The number of aromatic nitrogens is 1. The van der Waals surface area contributed by atoms with E-state index in [9.17, 15) is 0 Å². The quantitative estimate of drug-likeness (QED) is 0.825. The van der Waals surface area contributed by atoms with Crippen molar-refractivity contribution in [1.82, 2.24) is 10.3 Å². The number of thiazole rings is 1. The minimum Gasteiger partial charge on any atom is -0.389 e. The van der Waals surface area contributed by atoms with Gasteiger partial charge in [0.05, 0.1) is 18.3 Å². The van der Waals surface area contributed by atoms with Crippen molar-refractivity contribution in [3.63, 3.8) is 0 Å². The molecule has 0 amide bonds. The highest BCUT2D eigenvalue weighted by atomic mass is 32.1. The van der Waals surface area contributed by atoms with E-state index in [2.05, 4.69) is 17.2 Å². The Balaban J connectivity index is 2.14. The second kappa shape index (κ2) is 5.05. The van der Waals surface area contributed by atoms with E-state index in [4.69, 9.17) is 5.11 Å². The highest BCUT2D eigenvalue weighted by molar-refractivity contribution is 7.11. The van der Waals surface area contributed by atoms with Crippen LogP contribution in [0.2, 0.25) is 0 Å². The summed E-state index contributed by atoms with van der Waals surface area (Å²) in [5, 5.41) is 13.5. The largest absolute Gasteiger partial charge is 0.389 e. The van der Waals surface area contributed by atoms with E-state index in [0.29, 0.717) is 6.04 Å². The van der Waals surface area contributed by atoms with Crippen molar-refractivity contribution in [1.29, 1.82) is 0 Å². The zero-order chi connectivity index (χ0) is 10.7. The van der Waals surface area contributed by atoms with Gasteiger partial charge in [0.1, 0.15) is 5.01 Å². The normalized spacial score (nSPS) is 20.3. The molecule has 0 fully saturated rings. The molecule has 0 aliphatic heterocycles. The van der Waals surface area contributed by atoms with Crippen molar-refractivity contribution in [2.24, 2.45) is 0 Å². The molecule has 0 saturated heterocycles. The Bertz CT molecular complexity index is 324. The SMILES string of the molecule is CCCNC1CCCc2sc(CO)nc21. The van der Waals surface area contributed by atoms with Gasteiger partial charge in [0, 0.05) is 4.88 Å². The Morgan fingerprint density at radius 1 is 1.60 bits per heavy atom. The summed E-state index contributed by atoms with van der Waals surface area (Å²) in [5.41, 5.74) is 1.20. The Hall–Kier alpha value is -0.450. The number of nitrogens with zero attached hydrogens (tertiary/aromatic N) is 1. The Morgan fingerprint density at radius 3 is 3.20 bits per heavy atom. The summed E-state index contributed by atoms with van der Waals surface area (Å²) in [6.07, 6.45) is 4.71. The van der Waals surface area contributed by atoms with E-state index in [1.54, 1.807) is 11.3 Å². The molecule has 15 heavy (non-hydrogen) atoms. The second-order valence-corrected chi connectivity index (χ2v) is 5.14. The molecule has 2 N–H and O–H groups in total. The first-order valence-electron chi connectivity index (χ1n) is 5.68. The topological polar surface area (TPSA) is 45.1 Å². The molecule has 1 aliphatic carbocycles. The summed E-state index contributed by atoms with van der Waals surface area (Å²) >= 11 is 1.67. The zero-order valence-electron chi connectivity index (χ0n) is 9.12. The van der Waals surface area contributed by atoms with Crippen molar-refractivity contribution in [3.05, 3.63) is 15.6 Å². The van der Waals surface area contributed by atoms with Crippen molar-refractivity contribution in [2.45, 2.75) is 45.3 Å². The van der Waals surface area contributed by atoms with Crippen LogP contribution in [-0.2, 0) is 13.0 Å². The third kappa shape index (κ3) is 2.38. The van der Waals surface area contributed by atoms with Gasteiger partial charge in [-0.05, 0) is 32.2 Å². The maximum atomic E-state index is 9.08. The molecule has 0 bridgehead atoms. The molecule has 1 unspecified atom stereocenters. The van der Waals surface area contributed by atoms with Crippen LogP contribution in [0, 0.1) is 0 Å². The van der Waals surface area contributed by atoms with E-state index in [1.165, 1.54) is 23.4 Å². The molecule has 1 aliphatic rings. The molecule has 4 heteroatoms. The summed E-state index contributed by atoms with van der Waals surface area (Å²) in [4.78, 5) is 5.88. The molecule has 0 aromatic carbocycles. The van der Waals surface area contributed by atoms with E-state index < -0.39 is 0 Å². The molecule has 3 nitrogen and oxygen atoms in total. The van der Waals surface area contributed by atoms with Crippen LogP contribution in [-0.4, -0.2) is 16.6 Å². The van der Waals surface area contributed by atoms with Crippen molar-refractivity contribution in [2.75, 3.05) is 6.54 Å². The van der Waals surface area contributed by atoms with Crippen LogP contribution >= 0.6 is 11.3 Å². The van der Waals surface area contributed by atoms with E-state index in [-0.39, 0.29) is 6.61 Å². The zero-order valence-corrected chi connectivity index (χ0v) is 9.94. The smallest absolute Gasteiger partial charge is 0.119 e. The molecule has 84 valence electrons. The first-order valence-corrected chi connectivity index (χ1v) is 6.49. The highest BCUT2D eigenvalue weighted by Gasteiger charge is 2.23. The molecule has 0 radical (unpaired) electrons. The van der Waals surface area contributed by atoms with Gasteiger partial charge >= 0.3 is 0 Å². The fourth-order valence-electron chi connectivity index (χ4n) is 2.05. The van der Waals surface area contributed by atoms with E-state index in [0.717, 1.165) is 24.4 Å². The van der Waals surface area contributed by atoms with Gasteiger partial charge in [0.15, 0.2) is 0 Å². The van der Waals surface area contributed by atoms with Crippen LogP contribution in [0.1, 0.15) is 47.8 Å². The van der Waals surface area contributed by atoms with Crippen LogP contribution in [0.25, 0.3) is 0 Å². The van der Waals surface area contributed by atoms with E-state index >= 15 is 0 Å². The number of aliphatic hydroxyl groups excluding tert-OH is 1. The van der Waals surface area contributed by atoms with Gasteiger partial charge in [-0.3, -0.25) is 0 Å². The lowest BCUT2D eigenvalue weighted by Crippen LogP contribution is -2.25. The summed E-state index contributed by atoms with van der Waals surface area (Å²) in [5.74, 6) is 0. The number of hydrogen-bond donors (Lipinski definition) is 2. The molecule has 2 rings (SSSR count). The molecule has 0 saturated carbocycles. The maximum Gasteiger partial charge on any atom is 0.119 e. The third-order valence-electron chi connectivity index (χ3n) is 2.77. The summed E-state index contributed by atoms with van der Waals surface area (Å²) < 4.78 is 0. The number of rotatable bonds is 4. The molecular weight excluding hydrogens is 208 g/mol. The molecule has 0 spiro atoms. The average molecular weight is 226 g/mol. The van der Waals surface area contributed by atoms with Crippen LogP contribution in [0.4, 0.5) is 0 Å².